The number of benzene rings is 2. The molecule has 1 amide bonds. The Morgan fingerprint density at radius 1 is 1.04 bits per heavy atom. The maximum absolute atomic E-state index is 12.4. The van der Waals surface area contributed by atoms with Gasteiger partial charge in [0, 0.05) is 19.4 Å². The van der Waals surface area contributed by atoms with Gasteiger partial charge in [-0.3, -0.25) is 19.5 Å². The van der Waals surface area contributed by atoms with E-state index in [2.05, 4.69) is 20.4 Å². The third kappa shape index (κ3) is 3.57. The van der Waals surface area contributed by atoms with Crippen LogP contribution in [0.5, 0.6) is 0 Å². The molecule has 0 spiro atoms. The van der Waals surface area contributed by atoms with E-state index in [1.807, 2.05) is 24.3 Å². The first-order valence-electron chi connectivity index (χ1n) is 9.04. The quantitative estimate of drug-likeness (QED) is 0.470. The first kappa shape index (κ1) is 17.7. The van der Waals surface area contributed by atoms with Gasteiger partial charge in [0.25, 0.3) is 11.1 Å². The number of amides is 1. The monoisotopic (exact) mass is 377 g/mol. The molecule has 8 nitrogen and oxygen atoms in total. The van der Waals surface area contributed by atoms with Crippen LogP contribution in [0, 0.1) is 0 Å². The fourth-order valence-corrected chi connectivity index (χ4v) is 3.15. The Morgan fingerprint density at radius 3 is 2.61 bits per heavy atom. The Bertz CT molecular complexity index is 1240. The summed E-state index contributed by atoms with van der Waals surface area (Å²) < 4.78 is 1.18. The number of imidazole rings is 1. The van der Waals surface area contributed by atoms with Crippen molar-refractivity contribution >= 4 is 27.7 Å². The van der Waals surface area contributed by atoms with Crippen molar-refractivity contribution < 1.29 is 4.79 Å². The highest BCUT2D eigenvalue weighted by Crippen LogP contribution is 2.10. The predicted molar refractivity (Wildman–Crippen MR) is 106 cm³/mol. The SMILES string of the molecule is O=C(CCn1[nH]c(=O)c2ccccc2c1=O)NCCc1nc2ccccc2[nH]1. The number of H-pyrrole nitrogens is 2. The average Bonchev–Trinajstić information content (AvgIpc) is 3.12. The molecule has 4 aromatic rings. The van der Waals surface area contributed by atoms with Crippen molar-refractivity contribution in [3.8, 4) is 0 Å². The summed E-state index contributed by atoms with van der Waals surface area (Å²) in [6, 6.07) is 14.4. The number of aromatic amines is 2. The lowest BCUT2D eigenvalue weighted by Gasteiger charge is -2.07. The second-order valence-electron chi connectivity index (χ2n) is 6.49. The lowest BCUT2D eigenvalue weighted by atomic mass is 10.2. The molecule has 0 aliphatic rings. The molecular weight excluding hydrogens is 358 g/mol. The minimum atomic E-state index is -0.347. The van der Waals surface area contributed by atoms with E-state index in [0.717, 1.165) is 16.9 Å². The number of para-hydroxylation sites is 2. The number of fused-ring (bicyclic) bond motifs is 2. The molecule has 0 atom stereocenters. The molecule has 2 aromatic carbocycles. The van der Waals surface area contributed by atoms with Crippen LogP contribution in [0.25, 0.3) is 21.8 Å². The molecule has 2 heterocycles. The van der Waals surface area contributed by atoms with Crippen molar-refractivity contribution in [2.24, 2.45) is 0 Å². The summed E-state index contributed by atoms with van der Waals surface area (Å²) >= 11 is 0. The molecule has 4 rings (SSSR count). The van der Waals surface area contributed by atoms with E-state index in [1.54, 1.807) is 24.3 Å². The third-order valence-electron chi connectivity index (χ3n) is 4.57. The van der Waals surface area contributed by atoms with Crippen LogP contribution in [-0.4, -0.2) is 32.2 Å². The molecule has 0 radical (unpaired) electrons. The van der Waals surface area contributed by atoms with Gasteiger partial charge in [-0.2, -0.15) is 0 Å². The molecule has 0 aliphatic heterocycles. The van der Waals surface area contributed by atoms with Crippen LogP contribution in [0.1, 0.15) is 12.2 Å². The number of aryl methyl sites for hydroxylation is 1. The van der Waals surface area contributed by atoms with Crippen LogP contribution in [-0.2, 0) is 17.8 Å². The van der Waals surface area contributed by atoms with Crippen molar-refractivity contribution in [1.29, 1.82) is 0 Å². The highest BCUT2D eigenvalue weighted by atomic mass is 16.2. The molecule has 0 saturated carbocycles. The Kier molecular flexibility index (Phi) is 4.76. The molecule has 0 bridgehead atoms. The molecule has 28 heavy (non-hydrogen) atoms. The van der Waals surface area contributed by atoms with Gasteiger partial charge in [-0.15, -0.1) is 0 Å². The number of nitrogens with zero attached hydrogens (tertiary/aromatic N) is 2. The standard InChI is InChI=1S/C20H19N5O3/c26-18(21-11-9-17-22-15-7-3-4-8-16(15)23-17)10-12-25-20(28)14-6-2-1-5-13(14)19(27)24-25/h1-8H,9-12H2,(H,21,26)(H,22,23)(H,24,27). The summed E-state index contributed by atoms with van der Waals surface area (Å²) in [5.74, 6) is 0.605. The van der Waals surface area contributed by atoms with Gasteiger partial charge in [0.1, 0.15) is 5.82 Å². The van der Waals surface area contributed by atoms with Crippen LogP contribution >= 0.6 is 0 Å². The molecule has 142 valence electrons. The zero-order chi connectivity index (χ0) is 19.5. The first-order valence-corrected chi connectivity index (χ1v) is 9.04. The normalized spacial score (nSPS) is 11.1. The van der Waals surface area contributed by atoms with Gasteiger partial charge in [-0.1, -0.05) is 24.3 Å². The first-order chi connectivity index (χ1) is 13.6. The Labute approximate surface area is 159 Å². The van der Waals surface area contributed by atoms with Crippen molar-refractivity contribution in [3.63, 3.8) is 0 Å². The summed E-state index contributed by atoms with van der Waals surface area (Å²) in [5, 5.41) is 6.03. The smallest absolute Gasteiger partial charge is 0.273 e. The van der Waals surface area contributed by atoms with E-state index in [4.69, 9.17) is 0 Å². The summed E-state index contributed by atoms with van der Waals surface area (Å²) in [5.41, 5.74) is 1.19. The number of hydrogen-bond acceptors (Lipinski definition) is 4. The van der Waals surface area contributed by atoms with E-state index in [1.165, 1.54) is 4.68 Å². The van der Waals surface area contributed by atoms with Crippen molar-refractivity contribution in [2.45, 2.75) is 19.4 Å². The number of nitrogens with one attached hydrogen (secondary N) is 3. The van der Waals surface area contributed by atoms with E-state index in [-0.39, 0.29) is 30.0 Å². The summed E-state index contributed by atoms with van der Waals surface area (Å²) in [6.45, 7) is 0.539. The average molecular weight is 377 g/mol. The number of hydrogen-bond donors (Lipinski definition) is 3. The largest absolute Gasteiger partial charge is 0.356 e. The van der Waals surface area contributed by atoms with Gasteiger partial charge in [0.05, 0.1) is 28.4 Å². The molecule has 0 unspecified atom stereocenters. The maximum Gasteiger partial charge on any atom is 0.273 e. The minimum Gasteiger partial charge on any atom is -0.356 e. The molecule has 2 aromatic heterocycles. The molecule has 0 fully saturated rings. The van der Waals surface area contributed by atoms with Crippen molar-refractivity contribution in [2.75, 3.05) is 6.54 Å². The number of rotatable bonds is 6. The fourth-order valence-electron chi connectivity index (χ4n) is 3.15. The molecular formula is C20H19N5O3. The third-order valence-corrected chi connectivity index (χ3v) is 4.57. The Balaban J connectivity index is 1.34. The zero-order valence-electron chi connectivity index (χ0n) is 15.1. The molecule has 3 N–H and O–H groups in total. The van der Waals surface area contributed by atoms with Crippen LogP contribution in [0.15, 0.2) is 58.1 Å². The maximum atomic E-state index is 12.4. The van der Waals surface area contributed by atoms with E-state index in [0.29, 0.717) is 23.7 Å². The van der Waals surface area contributed by atoms with Gasteiger partial charge in [0.15, 0.2) is 0 Å². The number of aromatic nitrogens is 4. The minimum absolute atomic E-state index is 0.0916. The van der Waals surface area contributed by atoms with E-state index in [9.17, 15) is 14.4 Å². The second kappa shape index (κ2) is 7.51. The molecule has 0 aliphatic carbocycles. The Morgan fingerprint density at radius 2 is 1.79 bits per heavy atom. The lowest BCUT2D eigenvalue weighted by Crippen LogP contribution is -2.33. The lowest BCUT2D eigenvalue weighted by molar-refractivity contribution is -0.121. The van der Waals surface area contributed by atoms with Gasteiger partial charge < -0.3 is 10.3 Å². The van der Waals surface area contributed by atoms with Crippen LogP contribution in [0.2, 0.25) is 0 Å². The second-order valence-corrected chi connectivity index (χ2v) is 6.49. The highest BCUT2D eigenvalue weighted by molar-refractivity contribution is 5.80. The van der Waals surface area contributed by atoms with Gasteiger partial charge in [-0.05, 0) is 24.3 Å². The molecule has 8 heteroatoms. The van der Waals surface area contributed by atoms with Gasteiger partial charge in [-0.25, -0.2) is 9.67 Å². The van der Waals surface area contributed by atoms with E-state index < -0.39 is 0 Å². The van der Waals surface area contributed by atoms with Crippen molar-refractivity contribution in [3.05, 3.63) is 75.1 Å². The summed E-state index contributed by atoms with van der Waals surface area (Å²) in [4.78, 5) is 44.3. The van der Waals surface area contributed by atoms with Crippen LogP contribution in [0.3, 0.4) is 0 Å². The zero-order valence-corrected chi connectivity index (χ0v) is 15.1. The van der Waals surface area contributed by atoms with Crippen molar-refractivity contribution in [1.82, 2.24) is 25.1 Å². The topological polar surface area (TPSA) is 113 Å². The van der Waals surface area contributed by atoms with Crippen LogP contribution in [0.4, 0.5) is 0 Å². The molecule has 0 saturated heterocycles. The Hall–Kier alpha value is -3.68. The summed E-state index contributed by atoms with van der Waals surface area (Å²) in [7, 11) is 0. The summed E-state index contributed by atoms with van der Waals surface area (Å²) in [6.07, 6.45) is 0.668. The number of carbonyl (C=O) groups excluding carboxylic acids is 1. The van der Waals surface area contributed by atoms with E-state index >= 15 is 0 Å². The van der Waals surface area contributed by atoms with Crippen LogP contribution < -0.4 is 16.4 Å². The fraction of sp³-hybridized carbons (Fsp3) is 0.200. The van der Waals surface area contributed by atoms with Gasteiger partial charge >= 0.3 is 0 Å². The predicted octanol–water partition coefficient (Wildman–Crippen LogP) is 1.32. The van der Waals surface area contributed by atoms with Gasteiger partial charge in [0.2, 0.25) is 5.91 Å². The number of carbonyl (C=O) groups is 1. The highest BCUT2D eigenvalue weighted by Gasteiger charge is 2.09.